The van der Waals surface area contributed by atoms with Crippen molar-refractivity contribution >= 4 is 5.97 Å². The fraction of sp³-hybridized carbons (Fsp3) is 0.357. The van der Waals surface area contributed by atoms with Gasteiger partial charge >= 0.3 is 5.97 Å². The summed E-state index contributed by atoms with van der Waals surface area (Å²) in [7, 11) is 1.33. The molecule has 6 heteroatoms. The van der Waals surface area contributed by atoms with Crippen molar-refractivity contribution in [2.75, 3.05) is 7.11 Å². The Bertz CT molecular complexity index is 590. The van der Waals surface area contributed by atoms with Gasteiger partial charge in [-0.1, -0.05) is 36.4 Å². The van der Waals surface area contributed by atoms with Crippen LogP contribution in [-0.2, 0) is 24.3 Å². The van der Waals surface area contributed by atoms with Crippen LogP contribution in [-0.4, -0.2) is 33.2 Å². The van der Waals surface area contributed by atoms with Crippen LogP contribution in [0.3, 0.4) is 0 Å². The number of ether oxygens (including phenoxy) is 1. The Morgan fingerprint density at radius 1 is 1.30 bits per heavy atom. The summed E-state index contributed by atoms with van der Waals surface area (Å²) < 4.78 is 6.38. The molecule has 0 spiro atoms. The molecule has 0 radical (unpaired) electrons. The summed E-state index contributed by atoms with van der Waals surface area (Å²) in [6, 6.07) is 7.56. The highest BCUT2D eigenvalue weighted by Crippen LogP contribution is 2.12. The Labute approximate surface area is 117 Å². The van der Waals surface area contributed by atoms with Crippen molar-refractivity contribution in [2.24, 2.45) is 0 Å². The predicted molar refractivity (Wildman–Crippen MR) is 72.2 cm³/mol. The molecule has 0 bridgehead atoms. The normalized spacial score (nSPS) is 10.6. The van der Waals surface area contributed by atoms with Crippen LogP contribution in [0.4, 0.5) is 0 Å². The average Bonchev–Trinajstić information content (AvgIpc) is 2.89. The first-order valence-electron chi connectivity index (χ1n) is 6.39. The van der Waals surface area contributed by atoms with Crippen LogP contribution >= 0.6 is 0 Å². The third-order valence-electron chi connectivity index (χ3n) is 3.09. The molecule has 0 fully saturated rings. The molecule has 20 heavy (non-hydrogen) atoms. The zero-order valence-electron chi connectivity index (χ0n) is 11.5. The molecule has 0 aliphatic carbocycles. The second kappa shape index (κ2) is 6.29. The van der Waals surface area contributed by atoms with Crippen molar-refractivity contribution in [3.05, 3.63) is 46.8 Å². The zero-order valence-corrected chi connectivity index (χ0v) is 11.5. The molecule has 1 aromatic heterocycles. The number of aliphatic hydroxyl groups is 1. The molecule has 1 aromatic carbocycles. The van der Waals surface area contributed by atoms with E-state index in [0.29, 0.717) is 13.0 Å². The van der Waals surface area contributed by atoms with E-state index in [1.165, 1.54) is 7.11 Å². The molecule has 2 aromatic rings. The lowest BCUT2D eigenvalue weighted by Gasteiger charge is -2.06. The summed E-state index contributed by atoms with van der Waals surface area (Å²) in [6.07, 6.45) is 0.645. The minimum absolute atomic E-state index is 0.0241. The maximum Gasteiger partial charge on any atom is 0.360 e. The number of benzene rings is 1. The topological polar surface area (TPSA) is 77.2 Å². The molecule has 0 amide bonds. The van der Waals surface area contributed by atoms with Gasteiger partial charge in [0.1, 0.15) is 0 Å². The van der Waals surface area contributed by atoms with Gasteiger partial charge in [-0.05, 0) is 17.5 Å². The van der Waals surface area contributed by atoms with Crippen molar-refractivity contribution in [3.8, 4) is 0 Å². The van der Waals surface area contributed by atoms with Crippen molar-refractivity contribution in [2.45, 2.75) is 26.5 Å². The molecule has 0 atom stereocenters. The highest BCUT2D eigenvalue weighted by Gasteiger charge is 2.18. The van der Waals surface area contributed by atoms with Gasteiger partial charge in [-0.2, -0.15) is 0 Å². The molecule has 1 heterocycles. The standard InChI is InChI=1S/C14H17N3O3/c1-3-12-13(14(19)20-2)15-16-17(12)8-10-4-6-11(9-18)7-5-10/h4-7,18H,3,8-9H2,1-2H3. The van der Waals surface area contributed by atoms with Crippen molar-refractivity contribution < 1.29 is 14.6 Å². The van der Waals surface area contributed by atoms with Crippen molar-refractivity contribution in [3.63, 3.8) is 0 Å². The molecule has 0 saturated carbocycles. The summed E-state index contributed by atoms with van der Waals surface area (Å²) in [5.74, 6) is -0.469. The summed E-state index contributed by atoms with van der Waals surface area (Å²) in [5.41, 5.74) is 2.90. The van der Waals surface area contributed by atoms with Crippen molar-refractivity contribution in [1.82, 2.24) is 15.0 Å². The van der Waals surface area contributed by atoms with E-state index in [0.717, 1.165) is 16.8 Å². The van der Waals surface area contributed by atoms with E-state index in [1.807, 2.05) is 31.2 Å². The van der Waals surface area contributed by atoms with Gasteiger partial charge in [0.05, 0.1) is 26.0 Å². The van der Waals surface area contributed by atoms with Gasteiger partial charge in [-0.3, -0.25) is 0 Å². The number of aliphatic hydroxyl groups excluding tert-OH is 1. The van der Waals surface area contributed by atoms with Gasteiger partial charge in [-0.25, -0.2) is 9.48 Å². The van der Waals surface area contributed by atoms with Gasteiger partial charge in [0, 0.05) is 0 Å². The van der Waals surface area contributed by atoms with Gasteiger partial charge in [0.25, 0.3) is 0 Å². The smallest absolute Gasteiger partial charge is 0.360 e. The predicted octanol–water partition coefficient (Wildman–Crippen LogP) is 1.17. The number of methoxy groups -OCH3 is 1. The Morgan fingerprint density at radius 3 is 2.50 bits per heavy atom. The zero-order chi connectivity index (χ0) is 14.5. The minimum atomic E-state index is -0.469. The second-order valence-corrected chi connectivity index (χ2v) is 4.36. The first-order valence-corrected chi connectivity index (χ1v) is 6.39. The van der Waals surface area contributed by atoms with Crippen LogP contribution < -0.4 is 0 Å². The summed E-state index contributed by atoms with van der Waals surface area (Å²) >= 11 is 0. The number of nitrogens with zero attached hydrogens (tertiary/aromatic N) is 3. The van der Waals surface area contributed by atoms with Crippen LogP contribution in [0.2, 0.25) is 0 Å². The van der Waals surface area contributed by atoms with E-state index in [4.69, 9.17) is 9.84 Å². The van der Waals surface area contributed by atoms with Crippen LogP contribution in [0.5, 0.6) is 0 Å². The quantitative estimate of drug-likeness (QED) is 0.829. The van der Waals surface area contributed by atoms with Gasteiger partial charge in [0.2, 0.25) is 0 Å². The summed E-state index contributed by atoms with van der Waals surface area (Å²) in [4.78, 5) is 11.6. The molecule has 0 unspecified atom stereocenters. The third kappa shape index (κ3) is 2.85. The van der Waals surface area contributed by atoms with Gasteiger partial charge < -0.3 is 9.84 Å². The SMILES string of the molecule is CCc1c(C(=O)OC)nnn1Cc1ccc(CO)cc1. The van der Waals surface area contributed by atoms with E-state index < -0.39 is 5.97 Å². The van der Waals surface area contributed by atoms with E-state index in [2.05, 4.69) is 10.3 Å². The van der Waals surface area contributed by atoms with E-state index in [9.17, 15) is 4.79 Å². The monoisotopic (exact) mass is 275 g/mol. The number of carbonyl (C=O) groups is 1. The van der Waals surface area contributed by atoms with Crippen LogP contribution in [0.15, 0.2) is 24.3 Å². The Kier molecular flexibility index (Phi) is 4.47. The Balaban J connectivity index is 2.24. The van der Waals surface area contributed by atoms with Crippen LogP contribution in [0, 0.1) is 0 Å². The second-order valence-electron chi connectivity index (χ2n) is 4.36. The highest BCUT2D eigenvalue weighted by atomic mass is 16.5. The highest BCUT2D eigenvalue weighted by molar-refractivity contribution is 5.88. The molecule has 6 nitrogen and oxygen atoms in total. The van der Waals surface area contributed by atoms with Crippen LogP contribution in [0.1, 0.15) is 34.2 Å². The summed E-state index contributed by atoms with van der Waals surface area (Å²) in [6.45, 7) is 2.49. The van der Waals surface area contributed by atoms with E-state index >= 15 is 0 Å². The number of esters is 1. The van der Waals surface area contributed by atoms with Gasteiger partial charge in [0.15, 0.2) is 5.69 Å². The number of hydrogen-bond donors (Lipinski definition) is 1. The number of hydrogen-bond acceptors (Lipinski definition) is 5. The third-order valence-corrected chi connectivity index (χ3v) is 3.09. The van der Waals surface area contributed by atoms with E-state index in [1.54, 1.807) is 4.68 Å². The summed E-state index contributed by atoms with van der Waals surface area (Å²) in [5, 5.41) is 16.9. The molecule has 1 N–H and O–H groups in total. The average molecular weight is 275 g/mol. The maximum atomic E-state index is 11.6. The van der Waals surface area contributed by atoms with Crippen molar-refractivity contribution in [1.29, 1.82) is 0 Å². The molecular weight excluding hydrogens is 258 g/mol. The molecular formula is C14H17N3O3. The first-order chi connectivity index (χ1) is 9.69. The maximum absolute atomic E-state index is 11.6. The molecule has 0 aliphatic rings. The fourth-order valence-electron chi connectivity index (χ4n) is 1.99. The van der Waals surface area contributed by atoms with E-state index in [-0.39, 0.29) is 12.3 Å². The first kappa shape index (κ1) is 14.2. The van der Waals surface area contributed by atoms with Crippen LogP contribution in [0.25, 0.3) is 0 Å². The Morgan fingerprint density at radius 2 is 1.95 bits per heavy atom. The number of rotatable bonds is 5. The Hall–Kier alpha value is -2.21. The lowest BCUT2D eigenvalue weighted by Crippen LogP contribution is -2.09. The largest absolute Gasteiger partial charge is 0.464 e. The van der Waals surface area contributed by atoms with Gasteiger partial charge in [-0.15, -0.1) is 5.10 Å². The lowest BCUT2D eigenvalue weighted by atomic mass is 10.1. The minimum Gasteiger partial charge on any atom is -0.464 e. The fourth-order valence-corrected chi connectivity index (χ4v) is 1.99. The molecule has 0 saturated heterocycles. The molecule has 0 aliphatic heterocycles. The lowest BCUT2D eigenvalue weighted by molar-refractivity contribution is 0.0592. The molecule has 2 rings (SSSR count). The molecule has 106 valence electrons. The number of carbonyl (C=O) groups excluding carboxylic acids is 1. The number of aromatic nitrogens is 3.